The first-order valence-corrected chi connectivity index (χ1v) is 9.58. The number of amides is 1. The molecule has 5 nitrogen and oxygen atoms in total. The van der Waals surface area contributed by atoms with Gasteiger partial charge in [0.1, 0.15) is 5.82 Å². The second-order valence-corrected chi connectivity index (χ2v) is 7.54. The average Bonchev–Trinajstić information content (AvgIpc) is 3.31. The monoisotopic (exact) mass is 358 g/mol. The zero-order valence-corrected chi connectivity index (χ0v) is 15.2. The topological polar surface area (TPSA) is 51.0 Å². The zero-order chi connectivity index (χ0) is 18.3. The Morgan fingerprint density at radius 2 is 1.63 bits per heavy atom. The first kappa shape index (κ1) is 16.2. The van der Waals surface area contributed by atoms with Crippen molar-refractivity contribution >= 4 is 5.91 Å². The highest BCUT2D eigenvalue weighted by molar-refractivity contribution is 5.94. The molecule has 0 bridgehead atoms. The second kappa shape index (κ2) is 6.34. The lowest BCUT2D eigenvalue weighted by Gasteiger charge is -2.38. The molecular formula is C22H22N4O. The van der Waals surface area contributed by atoms with E-state index in [1.165, 1.54) is 11.5 Å². The van der Waals surface area contributed by atoms with Gasteiger partial charge in [0, 0.05) is 48.6 Å². The van der Waals surface area contributed by atoms with Gasteiger partial charge in [0.05, 0.1) is 11.9 Å². The Balaban J connectivity index is 1.36. The molecule has 0 radical (unpaired) electrons. The third-order valence-electron chi connectivity index (χ3n) is 6.15. The summed E-state index contributed by atoms with van der Waals surface area (Å²) >= 11 is 0. The van der Waals surface area contributed by atoms with E-state index in [9.17, 15) is 4.79 Å². The number of benzene rings is 1. The van der Waals surface area contributed by atoms with Gasteiger partial charge in [-0.15, -0.1) is 0 Å². The van der Waals surface area contributed by atoms with Crippen molar-refractivity contribution in [2.75, 3.05) is 13.1 Å². The quantitative estimate of drug-likeness (QED) is 0.704. The van der Waals surface area contributed by atoms with Crippen LogP contribution >= 0.6 is 0 Å². The van der Waals surface area contributed by atoms with Crippen LogP contribution in [0, 0.1) is 0 Å². The maximum Gasteiger partial charge on any atom is 0.253 e. The Hall–Kier alpha value is -2.95. The Kier molecular flexibility index (Phi) is 3.81. The lowest BCUT2D eigenvalue weighted by Crippen LogP contribution is -2.44. The molecule has 0 aliphatic carbocycles. The van der Waals surface area contributed by atoms with Crippen molar-refractivity contribution in [1.29, 1.82) is 0 Å². The van der Waals surface area contributed by atoms with Crippen molar-refractivity contribution in [2.45, 2.75) is 31.2 Å². The molecule has 2 aromatic heterocycles. The maximum absolute atomic E-state index is 12.7. The number of piperidine rings is 1. The van der Waals surface area contributed by atoms with Crippen LogP contribution in [0.3, 0.4) is 0 Å². The Morgan fingerprint density at radius 1 is 0.926 bits per heavy atom. The summed E-state index contributed by atoms with van der Waals surface area (Å²) in [5.41, 5.74) is 3.23. The standard InChI is InChI=1S/C22H22N4O/c27-20(18-4-2-1-3-5-18)25-13-8-22(9-14-25)10-15-26-19(16-24-21(22)26)17-6-11-23-12-7-17/h1-7,11-12,16H,8-10,13-15H2. The molecular weight excluding hydrogens is 336 g/mol. The molecule has 2 aliphatic rings. The Morgan fingerprint density at radius 3 is 2.37 bits per heavy atom. The summed E-state index contributed by atoms with van der Waals surface area (Å²) in [6.45, 7) is 2.59. The van der Waals surface area contributed by atoms with Gasteiger partial charge in [0.2, 0.25) is 0 Å². The molecule has 136 valence electrons. The lowest BCUT2D eigenvalue weighted by atomic mass is 9.76. The van der Waals surface area contributed by atoms with E-state index >= 15 is 0 Å². The SMILES string of the molecule is O=C(c1ccccc1)N1CCC2(CC1)CCn1c(-c3ccncc3)cnc12. The predicted molar refractivity (Wildman–Crippen MR) is 103 cm³/mol. The second-order valence-electron chi connectivity index (χ2n) is 7.54. The summed E-state index contributed by atoms with van der Waals surface area (Å²) in [5, 5.41) is 0. The van der Waals surface area contributed by atoms with Crippen LogP contribution < -0.4 is 0 Å². The molecule has 0 unspecified atom stereocenters. The van der Waals surface area contributed by atoms with Gasteiger partial charge in [-0.2, -0.15) is 0 Å². The van der Waals surface area contributed by atoms with Gasteiger partial charge in [-0.3, -0.25) is 9.78 Å². The fourth-order valence-electron chi connectivity index (χ4n) is 4.59. The number of imidazole rings is 1. The highest BCUT2D eigenvalue weighted by Gasteiger charge is 2.44. The van der Waals surface area contributed by atoms with Gasteiger partial charge in [0.25, 0.3) is 5.91 Å². The van der Waals surface area contributed by atoms with E-state index in [1.54, 1.807) is 0 Å². The number of hydrogen-bond donors (Lipinski definition) is 0. The van der Waals surface area contributed by atoms with Crippen molar-refractivity contribution in [3.05, 3.63) is 72.4 Å². The average molecular weight is 358 g/mol. The van der Waals surface area contributed by atoms with Crippen LogP contribution in [0.5, 0.6) is 0 Å². The molecule has 27 heavy (non-hydrogen) atoms. The molecule has 0 saturated carbocycles. The Bertz CT molecular complexity index is 956. The number of likely N-dealkylation sites (tertiary alicyclic amines) is 1. The molecule has 2 aliphatic heterocycles. The van der Waals surface area contributed by atoms with Crippen LogP contribution in [0.25, 0.3) is 11.3 Å². The van der Waals surface area contributed by atoms with E-state index in [2.05, 4.69) is 9.55 Å². The molecule has 5 heteroatoms. The van der Waals surface area contributed by atoms with E-state index in [0.717, 1.165) is 50.0 Å². The predicted octanol–water partition coefficient (Wildman–Crippen LogP) is 3.52. The number of carbonyl (C=O) groups excluding carboxylic acids is 1. The number of carbonyl (C=O) groups is 1. The van der Waals surface area contributed by atoms with Crippen LogP contribution in [0.1, 0.15) is 35.4 Å². The Labute approximate surface area is 158 Å². The minimum Gasteiger partial charge on any atom is -0.339 e. The molecule has 1 fully saturated rings. The summed E-state index contributed by atoms with van der Waals surface area (Å²) in [7, 11) is 0. The van der Waals surface area contributed by atoms with Crippen molar-refractivity contribution in [1.82, 2.24) is 19.4 Å². The van der Waals surface area contributed by atoms with Gasteiger partial charge in [-0.05, 0) is 43.5 Å². The van der Waals surface area contributed by atoms with Crippen molar-refractivity contribution in [3.8, 4) is 11.3 Å². The third kappa shape index (κ3) is 2.65. The minimum atomic E-state index is 0.110. The summed E-state index contributed by atoms with van der Waals surface area (Å²) < 4.78 is 2.37. The van der Waals surface area contributed by atoms with Crippen LogP contribution in [0.2, 0.25) is 0 Å². The molecule has 0 N–H and O–H groups in total. The van der Waals surface area contributed by atoms with Crippen LogP contribution in [0.15, 0.2) is 61.1 Å². The molecule has 0 atom stereocenters. The molecule has 1 spiro atoms. The van der Waals surface area contributed by atoms with Gasteiger partial charge in [-0.25, -0.2) is 4.98 Å². The summed E-state index contributed by atoms with van der Waals surface area (Å²) in [6, 6.07) is 13.7. The lowest BCUT2D eigenvalue weighted by molar-refractivity contribution is 0.0663. The fraction of sp³-hybridized carbons (Fsp3) is 0.318. The highest BCUT2D eigenvalue weighted by atomic mass is 16.2. The zero-order valence-electron chi connectivity index (χ0n) is 15.2. The first-order valence-electron chi connectivity index (χ1n) is 9.58. The summed E-state index contributed by atoms with van der Waals surface area (Å²) in [4.78, 5) is 23.7. The van der Waals surface area contributed by atoms with Gasteiger partial charge >= 0.3 is 0 Å². The van der Waals surface area contributed by atoms with E-state index in [4.69, 9.17) is 4.98 Å². The molecule has 3 aromatic rings. The van der Waals surface area contributed by atoms with Crippen molar-refractivity contribution in [2.24, 2.45) is 0 Å². The van der Waals surface area contributed by atoms with E-state index in [0.29, 0.717) is 0 Å². The molecule has 5 rings (SSSR count). The van der Waals surface area contributed by atoms with E-state index in [1.807, 2.05) is 66.0 Å². The number of nitrogens with zero attached hydrogens (tertiary/aromatic N) is 4. The summed E-state index contributed by atoms with van der Waals surface area (Å²) in [6.07, 6.45) is 8.73. The molecule has 1 aromatic carbocycles. The fourth-order valence-corrected chi connectivity index (χ4v) is 4.59. The van der Waals surface area contributed by atoms with Crippen LogP contribution in [0.4, 0.5) is 0 Å². The highest BCUT2D eigenvalue weighted by Crippen LogP contribution is 2.44. The van der Waals surface area contributed by atoms with Gasteiger partial charge in [0.15, 0.2) is 0 Å². The maximum atomic E-state index is 12.7. The minimum absolute atomic E-state index is 0.110. The normalized spacial score (nSPS) is 17.9. The number of pyridine rings is 1. The van der Waals surface area contributed by atoms with Crippen molar-refractivity contribution < 1.29 is 4.79 Å². The van der Waals surface area contributed by atoms with Crippen molar-refractivity contribution in [3.63, 3.8) is 0 Å². The number of aromatic nitrogens is 3. The van der Waals surface area contributed by atoms with Gasteiger partial charge in [-0.1, -0.05) is 18.2 Å². The third-order valence-corrected chi connectivity index (χ3v) is 6.15. The largest absolute Gasteiger partial charge is 0.339 e. The smallest absolute Gasteiger partial charge is 0.253 e. The molecule has 4 heterocycles. The number of hydrogen-bond acceptors (Lipinski definition) is 3. The number of fused-ring (bicyclic) bond motifs is 2. The van der Waals surface area contributed by atoms with E-state index in [-0.39, 0.29) is 11.3 Å². The van der Waals surface area contributed by atoms with Gasteiger partial charge < -0.3 is 9.47 Å². The first-order chi connectivity index (χ1) is 13.3. The summed E-state index contributed by atoms with van der Waals surface area (Å²) in [5.74, 6) is 1.34. The van der Waals surface area contributed by atoms with E-state index < -0.39 is 0 Å². The molecule has 1 saturated heterocycles. The van der Waals surface area contributed by atoms with Crippen LogP contribution in [-0.4, -0.2) is 38.4 Å². The number of rotatable bonds is 2. The van der Waals surface area contributed by atoms with Crippen LogP contribution in [-0.2, 0) is 12.0 Å². The molecule has 1 amide bonds.